The Kier molecular flexibility index (Phi) is 4.45. The van der Waals surface area contributed by atoms with Gasteiger partial charge in [-0.3, -0.25) is 14.9 Å². The highest BCUT2D eigenvalue weighted by Crippen LogP contribution is 2.31. The van der Waals surface area contributed by atoms with Crippen molar-refractivity contribution in [3.05, 3.63) is 33.9 Å². The number of rotatable bonds is 5. The molecule has 1 aliphatic heterocycles. The zero-order valence-corrected chi connectivity index (χ0v) is 12.6. The molecule has 1 amide bonds. The van der Waals surface area contributed by atoms with E-state index in [4.69, 9.17) is 0 Å². The molecule has 1 fully saturated rings. The summed E-state index contributed by atoms with van der Waals surface area (Å²) in [5, 5.41) is 13.9. The second kappa shape index (κ2) is 6.11. The van der Waals surface area contributed by atoms with E-state index in [2.05, 4.69) is 19.2 Å². The molecule has 2 rings (SSSR count). The summed E-state index contributed by atoms with van der Waals surface area (Å²) in [5.74, 6) is 0.962. The quantitative estimate of drug-likeness (QED) is 0.668. The normalized spacial score (nSPS) is 18.4. The molecule has 0 aliphatic carbocycles. The number of carbonyl (C=O) groups excluding carboxylic acids is 1. The van der Waals surface area contributed by atoms with Gasteiger partial charge in [-0.25, -0.2) is 0 Å². The highest BCUT2D eigenvalue weighted by atomic mass is 16.6. The number of nitro benzene ring substituents is 1. The second-order valence-corrected chi connectivity index (χ2v) is 5.80. The molecule has 0 radical (unpaired) electrons. The van der Waals surface area contributed by atoms with E-state index in [-0.39, 0.29) is 11.6 Å². The minimum atomic E-state index is -0.405. The number of amides is 1. The van der Waals surface area contributed by atoms with E-state index in [0.717, 1.165) is 12.1 Å². The Morgan fingerprint density at radius 3 is 2.71 bits per heavy atom. The van der Waals surface area contributed by atoms with Gasteiger partial charge in [0, 0.05) is 38.2 Å². The molecule has 1 saturated heterocycles. The van der Waals surface area contributed by atoms with Crippen molar-refractivity contribution >= 4 is 17.3 Å². The molecular weight excluding hydrogens is 270 g/mol. The fraction of sp³-hybridized carbons (Fsp3) is 0.533. The van der Waals surface area contributed by atoms with E-state index >= 15 is 0 Å². The molecule has 6 heteroatoms. The van der Waals surface area contributed by atoms with E-state index < -0.39 is 4.92 Å². The van der Waals surface area contributed by atoms with Crippen LogP contribution in [0.5, 0.6) is 0 Å². The van der Waals surface area contributed by atoms with E-state index in [0.29, 0.717) is 30.5 Å². The number of hydrogen-bond donors (Lipinski definition) is 1. The van der Waals surface area contributed by atoms with Gasteiger partial charge in [-0.15, -0.1) is 0 Å². The molecule has 1 aliphatic rings. The molecule has 1 heterocycles. The standard InChI is InChI=1S/C15H21N3O3/c1-10(2)12-7-14(19)17(9-12)8-11-5-4-6-13(18(20)21)15(11)16-3/h4-6,10,12,16H,7-9H2,1-3H3. The molecule has 1 atom stereocenters. The summed E-state index contributed by atoms with van der Waals surface area (Å²) in [6.45, 7) is 5.38. The monoisotopic (exact) mass is 291 g/mol. The van der Waals surface area contributed by atoms with Crippen LogP contribution in [0, 0.1) is 22.0 Å². The molecule has 1 aromatic carbocycles. The van der Waals surface area contributed by atoms with Gasteiger partial charge in [-0.05, 0) is 11.8 Å². The fourth-order valence-electron chi connectivity index (χ4n) is 2.77. The first-order valence-corrected chi connectivity index (χ1v) is 7.15. The number of nitrogens with one attached hydrogen (secondary N) is 1. The third kappa shape index (κ3) is 3.15. The second-order valence-electron chi connectivity index (χ2n) is 5.80. The number of anilines is 1. The fourth-order valence-corrected chi connectivity index (χ4v) is 2.77. The van der Waals surface area contributed by atoms with Crippen LogP contribution in [0.2, 0.25) is 0 Å². The van der Waals surface area contributed by atoms with Gasteiger partial charge in [-0.2, -0.15) is 0 Å². The van der Waals surface area contributed by atoms with Crippen LogP contribution in [0.15, 0.2) is 18.2 Å². The third-order valence-corrected chi connectivity index (χ3v) is 4.12. The number of nitro groups is 1. The number of likely N-dealkylation sites (tertiary alicyclic amines) is 1. The van der Waals surface area contributed by atoms with Crippen LogP contribution in [0.1, 0.15) is 25.8 Å². The minimum Gasteiger partial charge on any atom is -0.382 e. The lowest BCUT2D eigenvalue weighted by Crippen LogP contribution is -2.25. The van der Waals surface area contributed by atoms with Crippen LogP contribution in [0.3, 0.4) is 0 Å². The van der Waals surface area contributed by atoms with Crippen molar-refractivity contribution in [1.29, 1.82) is 0 Å². The summed E-state index contributed by atoms with van der Waals surface area (Å²) in [6.07, 6.45) is 0.571. The first-order chi connectivity index (χ1) is 9.93. The molecule has 1 unspecified atom stereocenters. The maximum Gasteiger partial charge on any atom is 0.292 e. The van der Waals surface area contributed by atoms with Crippen LogP contribution in [-0.4, -0.2) is 29.3 Å². The van der Waals surface area contributed by atoms with E-state index in [1.165, 1.54) is 6.07 Å². The smallest absolute Gasteiger partial charge is 0.292 e. The van der Waals surface area contributed by atoms with Crippen molar-refractivity contribution < 1.29 is 9.72 Å². The van der Waals surface area contributed by atoms with Crippen LogP contribution in [0.4, 0.5) is 11.4 Å². The highest BCUT2D eigenvalue weighted by Gasteiger charge is 2.32. The van der Waals surface area contributed by atoms with Crippen molar-refractivity contribution in [2.45, 2.75) is 26.8 Å². The van der Waals surface area contributed by atoms with Crippen molar-refractivity contribution in [2.75, 3.05) is 18.9 Å². The van der Waals surface area contributed by atoms with Gasteiger partial charge >= 0.3 is 0 Å². The van der Waals surface area contributed by atoms with Gasteiger partial charge in [0.2, 0.25) is 5.91 Å². The Balaban J connectivity index is 2.22. The lowest BCUT2D eigenvalue weighted by molar-refractivity contribution is -0.384. The average Bonchev–Trinajstić information content (AvgIpc) is 2.80. The number of benzene rings is 1. The van der Waals surface area contributed by atoms with Crippen LogP contribution < -0.4 is 5.32 Å². The van der Waals surface area contributed by atoms with Crippen molar-refractivity contribution in [3.63, 3.8) is 0 Å². The van der Waals surface area contributed by atoms with Crippen molar-refractivity contribution in [2.24, 2.45) is 11.8 Å². The predicted octanol–water partition coefficient (Wildman–Crippen LogP) is 2.64. The van der Waals surface area contributed by atoms with Gasteiger partial charge in [0.05, 0.1) is 4.92 Å². The Morgan fingerprint density at radius 2 is 2.19 bits per heavy atom. The Bertz CT molecular complexity index is 557. The summed E-state index contributed by atoms with van der Waals surface area (Å²) < 4.78 is 0. The molecule has 21 heavy (non-hydrogen) atoms. The average molecular weight is 291 g/mol. The third-order valence-electron chi connectivity index (χ3n) is 4.12. The molecule has 0 aromatic heterocycles. The zero-order valence-electron chi connectivity index (χ0n) is 12.6. The summed E-state index contributed by atoms with van der Waals surface area (Å²) in [7, 11) is 1.66. The zero-order chi connectivity index (χ0) is 15.6. The maximum atomic E-state index is 12.1. The molecule has 6 nitrogen and oxygen atoms in total. The highest BCUT2D eigenvalue weighted by molar-refractivity contribution is 5.79. The van der Waals surface area contributed by atoms with Gasteiger partial charge in [0.1, 0.15) is 5.69 Å². The largest absolute Gasteiger partial charge is 0.382 e. The van der Waals surface area contributed by atoms with Crippen LogP contribution in [0.25, 0.3) is 0 Å². The van der Waals surface area contributed by atoms with Gasteiger partial charge in [0.25, 0.3) is 5.69 Å². The number of nitrogens with zero attached hydrogens (tertiary/aromatic N) is 2. The summed E-state index contributed by atoms with van der Waals surface area (Å²) in [4.78, 5) is 24.5. The van der Waals surface area contributed by atoms with Gasteiger partial charge in [-0.1, -0.05) is 26.0 Å². The Labute approximate surface area is 124 Å². The molecular formula is C15H21N3O3. The van der Waals surface area contributed by atoms with Gasteiger partial charge in [0.15, 0.2) is 0 Å². The SMILES string of the molecule is CNc1c(CN2CC(C(C)C)CC2=O)cccc1[N+](=O)[O-]. The molecule has 1 aromatic rings. The first kappa shape index (κ1) is 15.3. The van der Waals surface area contributed by atoms with E-state index in [9.17, 15) is 14.9 Å². The van der Waals surface area contributed by atoms with Crippen LogP contribution in [-0.2, 0) is 11.3 Å². The number of hydrogen-bond acceptors (Lipinski definition) is 4. The molecule has 1 N–H and O–H groups in total. The predicted molar refractivity (Wildman–Crippen MR) is 81.0 cm³/mol. The molecule has 0 bridgehead atoms. The Morgan fingerprint density at radius 1 is 1.48 bits per heavy atom. The lowest BCUT2D eigenvalue weighted by atomic mass is 9.95. The minimum absolute atomic E-state index is 0.0436. The van der Waals surface area contributed by atoms with E-state index in [1.807, 2.05) is 6.07 Å². The Hall–Kier alpha value is -2.11. The van der Waals surface area contributed by atoms with E-state index in [1.54, 1.807) is 18.0 Å². The molecule has 0 spiro atoms. The number of carbonyl (C=O) groups is 1. The molecule has 114 valence electrons. The van der Waals surface area contributed by atoms with Crippen molar-refractivity contribution in [1.82, 2.24) is 4.90 Å². The lowest BCUT2D eigenvalue weighted by Gasteiger charge is -2.19. The summed E-state index contributed by atoms with van der Waals surface area (Å²) in [6, 6.07) is 4.96. The maximum absolute atomic E-state index is 12.1. The van der Waals surface area contributed by atoms with Gasteiger partial charge < -0.3 is 10.2 Å². The summed E-state index contributed by atoms with van der Waals surface area (Å²) >= 11 is 0. The van der Waals surface area contributed by atoms with Crippen molar-refractivity contribution in [3.8, 4) is 0 Å². The molecule has 0 saturated carbocycles. The topological polar surface area (TPSA) is 75.5 Å². The van der Waals surface area contributed by atoms with Crippen LogP contribution >= 0.6 is 0 Å². The summed E-state index contributed by atoms with van der Waals surface area (Å²) in [5.41, 5.74) is 1.31. The number of para-hydroxylation sites is 1. The first-order valence-electron chi connectivity index (χ1n) is 7.15.